The Morgan fingerprint density at radius 3 is 2.60 bits per heavy atom. The molecule has 1 fully saturated rings. The first kappa shape index (κ1) is 12.8. The van der Waals surface area contributed by atoms with Gasteiger partial charge in [0, 0.05) is 17.8 Å². The van der Waals surface area contributed by atoms with Gasteiger partial charge in [0.1, 0.15) is 0 Å². The fourth-order valence-electron chi connectivity index (χ4n) is 1.85. The molecular weight excluding hydrogens is 208 g/mol. The largest absolute Gasteiger partial charge is 0.352 e. The summed E-state index contributed by atoms with van der Waals surface area (Å²) in [7, 11) is 0. The Bertz CT molecular complexity index is 205. The van der Waals surface area contributed by atoms with Crippen molar-refractivity contribution in [2.45, 2.75) is 56.1 Å². The van der Waals surface area contributed by atoms with Gasteiger partial charge in [-0.1, -0.05) is 19.8 Å². The molecule has 0 aliphatic heterocycles. The quantitative estimate of drug-likeness (QED) is 0.753. The zero-order valence-corrected chi connectivity index (χ0v) is 10.5. The zero-order valence-electron chi connectivity index (χ0n) is 9.66. The highest BCUT2D eigenvalue weighted by Crippen LogP contribution is 2.20. The van der Waals surface area contributed by atoms with Crippen molar-refractivity contribution in [3.05, 3.63) is 0 Å². The van der Waals surface area contributed by atoms with E-state index in [-0.39, 0.29) is 11.2 Å². The summed E-state index contributed by atoms with van der Waals surface area (Å²) in [6, 6.07) is 0.425. The van der Waals surface area contributed by atoms with Crippen molar-refractivity contribution < 1.29 is 4.79 Å². The van der Waals surface area contributed by atoms with E-state index < -0.39 is 0 Å². The van der Waals surface area contributed by atoms with Gasteiger partial charge >= 0.3 is 0 Å². The molecular formula is C11H22N2OS. The molecule has 0 saturated heterocycles. The van der Waals surface area contributed by atoms with Crippen LogP contribution < -0.4 is 11.1 Å². The van der Waals surface area contributed by atoms with Crippen LogP contribution in [0.15, 0.2) is 0 Å². The summed E-state index contributed by atoms with van der Waals surface area (Å²) in [4.78, 5) is 11.8. The maximum Gasteiger partial charge on any atom is 0.233 e. The van der Waals surface area contributed by atoms with Crippen LogP contribution >= 0.6 is 11.8 Å². The Kier molecular flexibility index (Phi) is 5.47. The topological polar surface area (TPSA) is 55.1 Å². The van der Waals surface area contributed by atoms with E-state index in [1.807, 2.05) is 6.92 Å². The first-order chi connectivity index (χ1) is 7.13. The molecule has 88 valence electrons. The molecule has 15 heavy (non-hydrogen) atoms. The second-order valence-corrected chi connectivity index (χ2v) is 6.10. The molecule has 4 heteroatoms. The summed E-state index contributed by atoms with van der Waals surface area (Å²) in [5.74, 6) is 0.173. The smallest absolute Gasteiger partial charge is 0.233 e. The molecule has 1 amide bonds. The normalized spacial score (nSPS) is 21.3. The van der Waals surface area contributed by atoms with Crippen molar-refractivity contribution in [2.75, 3.05) is 6.54 Å². The highest BCUT2D eigenvalue weighted by atomic mass is 32.2. The van der Waals surface area contributed by atoms with Gasteiger partial charge in [0.15, 0.2) is 0 Å². The van der Waals surface area contributed by atoms with Gasteiger partial charge in [-0.2, -0.15) is 0 Å². The van der Waals surface area contributed by atoms with Crippen LogP contribution in [0.5, 0.6) is 0 Å². The fraction of sp³-hybridized carbons (Fsp3) is 0.909. The molecule has 1 rings (SSSR count). The Labute approximate surface area is 96.6 Å². The van der Waals surface area contributed by atoms with Crippen LogP contribution in [0.25, 0.3) is 0 Å². The summed E-state index contributed by atoms with van der Waals surface area (Å²) in [5.41, 5.74) is 5.53. The molecule has 1 aliphatic carbocycles. The third-order valence-electron chi connectivity index (χ3n) is 2.84. The lowest BCUT2D eigenvalue weighted by Crippen LogP contribution is -2.38. The average molecular weight is 230 g/mol. The number of thioether (sulfide) groups is 1. The SMILES string of the molecule is CC(CN)SC(C)C(=O)NC1CCCC1. The van der Waals surface area contributed by atoms with E-state index in [0.29, 0.717) is 17.8 Å². The van der Waals surface area contributed by atoms with Gasteiger partial charge in [-0.25, -0.2) is 0 Å². The molecule has 0 bridgehead atoms. The average Bonchev–Trinajstić information content (AvgIpc) is 2.70. The van der Waals surface area contributed by atoms with Crippen molar-refractivity contribution in [1.82, 2.24) is 5.32 Å². The molecule has 0 aromatic rings. The summed E-state index contributed by atoms with van der Waals surface area (Å²) < 4.78 is 0. The van der Waals surface area contributed by atoms with Gasteiger partial charge in [0.2, 0.25) is 5.91 Å². The van der Waals surface area contributed by atoms with Gasteiger partial charge in [-0.3, -0.25) is 4.79 Å². The van der Waals surface area contributed by atoms with Gasteiger partial charge in [-0.15, -0.1) is 11.8 Å². The lowest BCUT2D eigenvalue weighted by molar-refractivity contribution is -0.120. The van der Waals surface area contributed by atoms with Gasteiger partial charge in [-0.05, 0) is 19.8 Å². The number of nitrogens with two attached hydrogens (primary N) is 1. The number of hydrogen-bond acceptors (Lipinski definition) is 3. The third-order valence-corrected chi connectivity index (χ3v) is 4.12. The van der Waals surface area contributed by atoms with E-state index in [2.05, 4.69) is 12.2 Å². The maximum absolute atomic E-state index is 11.8. The summed E-state index contributed by atoms with van der Waals surface area (Å²) in [6.45, 7) is 4.65. The van der Waals surface area contributed by atoms with E-state index in [1.54, 1.807) is 11.8 Å². The first-order valence-electron chi connectivity index (χ1n) is 5.79. The highest BCUT2D eigenvalue weighted by Gasteiger charge is 2.21. The van der Waals surface area contributed by atoms with Crippen molar-refractivity contribution in [2.24, 2.45) is 5.73 Å². The van der Waals surface area contributed by atoms with E-state index in [0.717, 1.165) is 12.8 Å². The van der Waals surface area contributed by atoms with Crippen molar-refractivity contribution >= 4 is 17.7 Å². The van der Waals surface area contributed by atoms with Gasteiger partial charge < -0.3 is 11.1 Å². The van der Waals surface area contributed by atoms with Crippen LogP contribution in [0.2, 0.25) is 0 Å². The molecule has 3 N–H and O–H groups in total. The van der Waals surface area contributed by atoms with Crippen LogP contribution in [0.1, 0.15) is 39.5 Å². The van der Waals surface area contributed by atoms with Gasteiger partial charge in [0.25, 0.3) is 0 Å². The van der Waals surface area contributed by atoms with E-state index in [9.17, 15) is 4.79 Å². The Morgan fingerprint density at radius 2 is 2.07 bits per heavy atom. The summed E-state index contributed by atoms with van der Waals surface area (Å²) >= 11 is 1.65. The van der Waals surface area contributed by atoms with Crippen molar-refractivity contribution in [1.29, 1.82) is 0 Å². The van der Waals surface area contributed by atoms with E-state index >= 15 is 0 Å². The van der Waals surface area contributed by atoms with E-state index in [4.69, 9.17) is 5.73 Å². The van der Waals surface area contributed by atoms with E-state index in [1.165, 1.54) is 12.8 Å². The number of amides is 1. The van der Waals surface area contributed by atoms with Crippen LogP contribution in [-0.4, -0.2) is 29.0 Å². The molecule has 0 radical (unpaired) electrons. The van der Waals surface area contributed by atoms with Gasteiger partial charge in [0.05, 0.1) is 5.25 Å². The third kappa shape index (κ3) is 4.43. The molecule has 2 atom stereocenters. The number of carbonyl (C=O) groups excluding carboxylic acids is 1. The lowest BCUT2D eigenvalue weighted by atomic mass is 10.2. The second kappa shape index (κ2) is 6.38. The molecule has 3 nitrogen and oxygen atoms in total. The lowest BCUT2D eigenvalue weighted by Gasteiger charge is -2.18. The summed E-state index contributed by atoms with van der Waals surface area (Å²) in [6.07, 6.45) is 4.81. The second-order valence-electron chi connectivity index (χ2n) is 4.31. The summed E-state index contributed by atoms with van der Waals surface area (Å²) in [5, 5.41) is 3.48. The number of hydrogen-bond donors (Lipinski definition) is 2. The standard InChI is InChI=1S/C11H22N2OS/c1-8(7-12)15-9(2)11(14)13-10-5-3-4-6-10/h8-10H,3-7,12H2,1-2H3,(H,13,14). The zero-order chi connectivity index (χ0) is 11.3. The molecule has 1 saturated carbocycles. The number of rotatable bonds is 5. The minimum absolute atomic E-state index is 0.0177. The molecule has 0 spiro atoms. The minimum Gasteiger partial charge on any atom is -0.352 e. The molecule has 2 unspecified atom stereocenters. The monoisotopic (exact) mass is 230 g/mol. The molecule has 0 aromatic carbocycles. The van der Waals surface area contributed by atoms with Crippen LogP contribution in [-0.2, 0) is 4.79 Å². The number of carbonyl (C=O) groups is 1. The Balaban J connectivity index is 2.25. The first-order valence-corrected chi connectivity index (χ1v) is 6.73. The van der Waals surface area contributed by atoms with Crippen molar-refractivity contribution in [3.8, 4) is 0 Å². The Hall–Kier alpha value is -0.220. The minimum atomic E-state index is 0.0177. The highest BCUT2D eigenvalue weighted by molar-refractivity contribution is 8.01. The Morgan fingerprint density at radius 1 is 1.47 bits per heavy atom. The molecule has 1 aliphatic rings. The van der Waals surface area contributed by atoms with Crippen LogP contribution in [0.3, 0.4) is 0 Å². The molecule has 0 heterocycles. The molecule has 0 aromatic heterocycles. The predicted octanol–water partition coefficient (Wildman–Crippen LogP) is 1.51. The van der Waals surface area contributed by atoms with Crippen molar-refractivity contribution in [3.63, 3.8) is 0 Å². The maximum atomic E-state index is 11.8. The predicted molar refractivity (Wildman–Crippen MR) is 66.0 cm³/mol. The van der Waals surface area contributed by atoms with Crippen LogP contribution in [0.4, 0.5) is 0 Å². The fourth-order valence-corrected chi connectivity index (χ4v) is 2.85. The van der Waals surface area contributed by atoms with Crippen LogP contribution in [0, 0.1) is 0 Å². The number of nitrogens with one attached hydrogen (secondary N) is 1.